The Bertz CT molecular complexity index is 405. The molecule has 0 aliphatic carbocycles. The Labute approximate surface area is 109 Å². The van der Waals surface area contributed by atoms with Gasteiger partial charge in [0.1, 0.15) is 11.6 Å². The molecule has 0 aliphatic rings. The molecule has 0 spiro atoms. The Morgan fingerprint density at radius 2 is 1.94 bits per heavy atom. The lowest BCUT2D eigenvalue weighted by molar-refractivity contribution is 0.0465. The van der Waals surface area contributed by atoms with Gasteiger partial charge in [0.25, 0.3) is 0 Å². The molecule has 17 heavy (non-hydrogen) atoms. The highest BCUT2D eigenvalue weighted by atomic mass is 79.9. The Hall–Kier alpha value is -0.480. The van der Waals surface area contributed by atoms with Gasteiger partial charge in [-0.2, -0.15) is 0 Å². The van der Waals surface area contributed by atoms with E-state index in [9.17, 15) is 13.9 Å². The molecule has 1 rings (SSSR count). The van der Waals surface area contributed by atoms with E-state index in [4.69, 9.17) is 0 Å². The van der Waals surface area contributed by atoms with Gasteiger partial charge in [-0.1, -0.05) is 20.8 Å². The molecular formula is C13H17BrF2O. The second-order valence-corrected chi connectivity index (χ2v) is 5.74. The fourth-order valence-corrected chi connectivity index (χ4v) is 1.83. The molecule has 0 bridgehead atoms. The van der Waals surface area contributed by atoms with Crippen LogP contribution in [0.15, 0.2) is 16.6 Å². The van der Waals surface area contributed by atoms with Gasteiger partial charge in [-0.15, -0.1) is 0 Å². The standard InChI is InChI=1S/C13H17BrF2O/c1-4-13(2,3)11(17)7-8-10(15)6-5-9(14)12(8)16/h5-6,11,17H,4,7H2,1-3H3. The van der Waals surface area contributed by atoms with Crippen LogP contribution in [0.4, 0.5) is 8.78 Å². The third-order valence-corrected chi connectivity index (χ3v) is 3.96. The number of halogens is 3. The largest absolute Gasteiger partial charge is 0.392 e. The topological polar surface area (TPSA) is 20.2 Å². The van der Waals surface area contributed by atoms with Crippen LogP contribution in [0, 0.1) is 17.0 Å². The molecule has 1 nitrogen and oxygen atoms in total. The van der Waals surface area contributed by atoms with Crippen LogP contribution in [0.5, 0.6) is 0 Å². The third-order valence-electron chi connectivity index (χ3n) is 3.35. The first-order valence-electron chi connectivity index (χ1n) is 5.60. The van der Waals surface area contributed by atoms with Crippen LogP contribution in [0.25, 0.3) is 0 Å². The van der Waals surface area contributed by atoms with Gasteiger partial charge in [-0.3, -0.25) is 0 Å². The van der Waals surface area contributed by atoms with Crippen molar-refractivity contribution in [3.05, 3.63) is 33.8 Å². The van der Waals surface area contributed by atoms with Crippen LogP contribution in [0.1, 0.15) is 32.8 Å². The zero-order valence-corrected chi connectivity index (χ0v) is 11.8. The summed E-state index contributed by atoms with van der Waals surface area (Å²) in [6.45, 7) is 5.70. The molecule has 0 saturated heterocycles. The number of hydrogen-bond acceptors (Lipinski definition) is 1. The SMILES string of the molecule is CCC(C)(C)C(O)Cc1c(F)ccc(Br)c1F. The van der Waals surface area contributed by atoms with Crippen LogP contribution in [-0.4, -0.2) is 11.2 Å². The van der Waals surface area contributed by atoms with Gasteiger partial charge in [0.05, 0.1) is 10.6 Å². The minimum absolute atomic E-state index is 0.0159. The molecule has 0 saturated carbocycles. The molecular weight excluding hydrogens is 290 g/mol. The average Bonchev–Trinajstić information content (AvgIpc) is 2.29. The predicted molar refractivity (Wildman–Crippen MR) is 67.8 cm³/mol. The normalized spacial score (nSPS) is 13.8. The Morgan fingerprint density at radius 3 is 2.47 bits per heavy atom. The van der Waals surface area contributed by atoms with Crippen molar-refractivity contribution in [2.45, 2.75) is 39.7 Å². The smallest absolute Gasteiger partial charge is 0.143 e. The number of aliphatic hydroxyl groups is 1. The summed E-state index contributed by atoms with van der Waals surface area (Å²) in [7, 11) is 0. The summed E-state index contributed by atoms with van der Waals surface area (Å²) in [4.78, 5) is 0. The molecule has 1 unspecified atom stereocenters. The third kappa shape index (κ3) is 3.26. The number of benzene rings is 1. The molecule has 0 amide bonds. The molecule has 0 fully saturated rings. The molecule has 0 aromatic heterocycles. The van der Waals surface area contributed by atoms with Crippen molar-refractivity contribution in [2.24, 2.45) is 5.41 Å². The molecule has 4 heteroatoms. The second-order valence-electron chi connectivity index (χ2n) is 4.88. The van der Waals surface area contributed by atoms with E-state index >= 15 is 0 Å². The Balaban J connectivity index is 3.00. The first-order chi connectivity index (χ1) is 7.79. The quantitative estimate of drug-likeness (QED) is 0.832. The maximum absolute atomic E-state index is 13.7. The summed E-state index contributed by atoms with van der Waals surface area (Å²) in [5.74, 6) is -1.24. The van der Waals surface area contributed by atoms with E-state index in [-0.39, 0.29) is 21.9 Å². The number of aliphatic hydroxyl groups excluding tert-OH is 1. The summed E-state index contributed by atoms with van der Waals surface area (Å²) in [5.41, 5.74) is -0.422. The summed E-state index contributed by atoms with van der Waals surface area (Å²) in [6.07, 6.45) is -0.0469. The zero-order chi connectivity index (χ0) is 13.2. The van der Waals surface area contributed by atoms with Crippen LogP contribution in [-0.2, 0) is 6.42 Å². The van der Waals surface area contributed by atoms with Gasteiger partial charge < -0.3 is 5.11 Å². The van der Waals surface area contributed by atoms with Crippen molar-refractivity contribution in [2.75, 3.05) is 0 Å². The monoisotopic (exact) mass is 306 g/mol. The van der Waals surface area contributed by atoms with Crippen LogP contribution in [0.3, 0.4) is 0 Å². The highest BCUT2D eigenvalue weighted by Crippen LogP contribution is 2.30. The van der Waals surface area contributed by atoms with E-state index in [0.29, 0.717) is 0 Å². The van der Waals surface area contributed by atoms with Gasteiger partial charge in [0.2, 0.25) is 0 Å². The fourth-order valence-electron chi connectivity index (χ4n) is 1.46. The minimum Gasteiger partial charge on any atom is -0.392 e. The van der Waals surface area contributed by atoms with Crippen LogP contribution >= 0.6 is 15.9 Å². The van der Waals surface area contributed by atoms with Gasteiger partial charge in [-0.05, 0) is 39.9 Å². The van der Waals surface area contributed by atoms with E-state index in [2.05, 4.69) is 15.9 Å². The first-order valence-corrected chi connectivity index (χ1v) is 6.39. The summed E-state index contributed by atoms with van der Waals surface area (Å²) < 4.78 is 27.4. The number of hydrogen-bond donors (Lipinski definition) is 1. The Morgan fingerprint density at radius 1 is 1.35 bits per heavy atom. The van der Waals surface area contributed by atoms with E-state index in [1.165, 1.54) is 12.1 Å². The van der Waals surface area contributed by atoms with Crippen molar-refractivity contribution >= 4 is 15.9 Å². The van der Waals surface area contributed by atoms with Crippen molar-refractivity contribution in [1.82, 2.24) is 0 Å². The highest BCUT2D eigenvalue weighted by molar-refractivity contribution is 9.10. The van der Waals surface area contributed by atoms with Crippen molar-refractivity contribution < 1.29 is 13.9 Å². The van der Waals surface area contributed by atoms with Crippen molar-refractivity contribution in [3.63, 3.8) is 0 Å². The zero-order valence-electron chi connectivity index (χ0n) is 10.2. The van der Waals surface area contributed by atoms with Gasteiger partial charge >= 0.3 is 0 Å². The first kappa shape index (κ1) is 14.6. The molecule has 1 atom stereocenters. The van der Waals surface area contributed by atoms with E-state index in [0.717, 1.165) is 6.42 Å². The lowest BCUT2D eigenvalue weighted by atomic mass is 9.81. The van der Waals surface area contributed by atoms with Crippen molar-refractivity contribution in [1.29, 1.82) is 0 Å². The van der Waals surface area contributed by atoms with Gasteiger partial charge in [0.15, 0.2) is 0 Å². The fraction of sp³-hybridized carbons (Fsp3) is 0.538. The summed E-state index contributed by atoms with van der Waals surface area (Å²) in [5, 5.41) is 10.0. The highest BCUT2D eigenvalue weighted by Gasteiger charge is 2.28. The maximum Gasteiger partial charge on any atom is 0.143 e. The molecule has 96 valence electrons. The van der Waals surface area contributed by atoms with E-state index < -0.39 is 17.7 Å². The minimum atomic E-state index is -0.772. The van der Waals surface area contributed by atoms with Crippen LogP contribution < -0.4 is 0 Å². The lowest BCUT2D eigenvalue weighted by Gasteiger charge is -2.29. The number of rotatable bonds is 4. The van der Waals surface area contributed by atoms with E-state index in [1.54, 1.807) is 0 Å². The molecule has 1 N–H and O–H groups in total. The average molecular weight is 307 g/mol. The Kier molecular flexibility index (Phi) is 4.67. The van der Waals surface area contributed by atoms with Crippen LogP contribution in [0.2, 0.25) is 0 Å². The molecule has 0 heterocycles. The molecule has 1 aromatic rings. The predicted octanol–water partition coefficient (Wildman–Crippen LogP) is 4.07. The van der Waals surface area contributed by atoms with E-state index in [1.807, 2.05) is 20.8 Å². The van der Waals surface area contributed by atoms with Gasteiger partial charge in [-0.25, -0.2) is 8.78 Å². The molecule has 0 aliphatic heterocycles. The van der Waals surface area contributed by atoms with Gasteiger partial charge in [0, 0.05) is 12.0 Å². The lowest BCUT2D eigenvalue weighted by Crippen LogP contribution is -2.31. The second kappa shape index (κ2) is 5.44. The summed E-state index contributed by atoms with van der Waals surface area (Å²) in [6, 6.07) is 2.53. The summed E-state index contributed by atoms with van der Waals surface area (Å²) >= 11 is 3.01. The maximum atomic E-state index is 13.7. The van der Waals surface area contributed by atoms with Crippen molar-refractivity contribution in [3.8, 4) is 0 Å². The molecule has 0 radical (unpaired) electrons. The molecule has 1 aromatic carbocycles.